The Kier molecular flexibility index (Phi) is 10.8. The molecule has 0 spiro atoms. The van der Waals surface area contributed by atoms with E-state index in [1.54, 1.807) is 0 Å². The number of carboxylic acids is 1. The second kappa shape index (κ2) is 10.2. The van der Waals surface area contributed by atoms with Gasteiger partial charge in [-0.25, -0.2) is 17.6 Å². The smallest absolute Gasteiger partial charge is 0.306 e. The molecule has 2 aliphatic carbocycles. The summed E-state index contributed by atoms with van der Waals surface area (Å²) >= 11 is 5.17. The van der Waals surface area contributed by atoms with Crippen LogP contribution in [0.5, 0.6) is 0 Å². The molecule has 0 radical (unpaired) electrons. The number of halogens is 5. The molecule has 1 N–H and O–H groups in total. The Labute approximate surface area is 145 Å². The van der Waals surface area contributed by atoms with Crippen LogP contribution in [0.15, 0.2) is 0 Å². The molecule has 0 unspecified atom stereocenters. The van der Waals surface area contributed by atoms with Crippen LogP contribution in [0, 0.1) is 11.8 Å². The van der Waals surface area contributed by atoms with Crippen molar-refractivity contribution >= 4 is 22.8 Å². The molecule has 0 saturated heterocycles. The molecule has 8 heteroatoms. The van der Waals surface area contributed by atoms with E-state index in [1.807, 2.05) is 0 Å². The SMILES string of the molecule is C.C.O=C(Cl)C1CCC(F)(F)CC1.O=C(O)C1CCC(F)(F)CC1. The zero-order valence-corrected chi connectivity index (χ0v) is 12.7. The highest BCUT2D eigenvalue weighted by molar-refractivity contribution is 6.63. The van der Waals surface area contributed by atoms with Crippen molar-refractivity contribution in [2.75, 3.05) is 0 Å². The van der Waals surface area contributed by atoms with Crippen LogP contribution in [0.4, 0.5) is 17.6 Å². The van der Waals surface area contributed by atoms with E-state index < -0.39 is 29.0 Å². The van der Waals surface area contributed by atoms with Gasteiger partial charge in [0.05, 0.1) is 5.92 Å². The van der Waals surface area contributed by atoms with Crippen molar-refractivity contribution in [2.24, 2.45) is 11.8 Å². The van der Waals surface area contributed by atoms with Gasteiger partial charge >= 0.3 is 5.97 Å². The lowest BCUT2D eigenvalue weighted by molar-refractivity contribution is -0.145. The Hall–Kier alpha value is -0.850. The molecule has 144 valence electrons. The van der Waals surface area contributed by atoms with Crippen LogP contribution < -0.4 is 0 Å². The average molecular weight is 379 g/mol. The van der Waals surface area contributed by atoms with Gasteiger partial charge in [-0.1, -0.05) is 14.9 Å². The third-order valence-corrected chi connectivity index (χ3v) is 4.41. The zero-order valence-electron chi connectivity index (χ0n) is 12.0. The second-order valence-corrected chi connectivity index (χ2v) is 6.28. The van der Waals surface area contributed by atoms with Gasteiger partial charge in [0, 0.05) is 31.6 Å². The van der Waals surface area contributed by atoms with E-state index in [0.717, 1.165) is 0 Å². The Bertz CT molecular complexity index is 358. The second-order valence-electron chi connectivity index (χ2n) is 5.90. The van der Waals surface area contributed by atoms with E-state index in [9.17, 15) is 27.2 Å². The fourth-order valence-corrected chi connectivity index (χ4v) is 2.77. The molecule has 0 heterocycles. The van der Waals surface area contributed by atoms with Crippen LogP contribution in [0.3, 0.4) is 0 Å². The lowest BCUT2D eigenvalue weighted by Crippen LogP contribution is -2.28. The molecule has 24 heavy (non-hydrogen) atoms. The summed E-state index contributed by atoms with van der Waals surface area (Å²) in [5.74, 6) is -7.01. The first-order valence-corrected chi connectivity index (χ1v) is 7.58. The number of aliphatic carboxylic acids is 1. The van der Waals surface area contributed by atoms with Crippen molar-refractivity contribution in [3.05, 3.63) is 0 Å². The van der Waals surface area contributed by atoms with Gasteiger partial charge in [0.25, 0.3) is 0 Å². The molecule has 3 nitrogen and oxygen atoms in total. The van der Waals surface area contributed by atoms with Crippen LogP contribution >= 0.6 is 11.6 Å². The van der Waals surface area contributed by atoms with E-state index in [4.69, 9.17) is 16.7 Å². The van der Waals surface area contributed by atoms with E-state index >= 15 is 0 Å². The first-order valence-electron chi connectivity index (χ1n) is 7.20. The van der Waals surface area contributed by atoms with Gasteiger partial charge in [-0.05, 0) is 37.3 Å². The molecule has 0 aromatic carbocycles. The van der Waals surface area contributed by atoms with Crippen molar-refractivity contribution < 1.29 is 32.3 Å². The van der Waals surface area contributed by atoms with Crippen molar-refractivity contribution in [1.82, 2.24) is 0 Å². The van der Waals surface area contributed by atoms with E-state index in [2.05, 4.69) is 0 Å². The number of carboxylic acid groups (broad SMARTS) is 1. The molecule has 2 saturated carbocycles. The number of alkyl halides is 4. The normalized spacial score (nSPS) is 22.9. The van der Waals surface area contributed by atoms with E-state index in [0.29, 0.717) is 0 Å². The van der Waals surface area contributed by atoms with Crippen molar-refractivity contribution in [2.45, 2.75) is 78.1 Å². The standard InChI is InChI=1S/C7H9ClF2O.C7H10F2O2.2CH4/c8-6(11)5-1-3-7(9,10)4-2-5;8-7(9)3-1-5(2-4-7)6(10)11;;/h5H,1-4H2;5H,1-4H2,(H,10,11);2*1H4. The topological polar surface area (TPSA) is 54.4 Å². The maximum absolute atomic E-state index is 12.5. The maximum Gasteiger partial charge on any atom is 0.306 e. The van der Waals surface area contributed by atoms with Crippen molar-refractivity contribution in [1.29, 1.82) is 0 Å². The lowest BCUT2D eigenvalue weighted by atomic mass is 9.87. The summed E-state index contributed by atoms with van der Waals surface area (Å²) in [6.45, 7) is 0. The monoisotopic (exact) mass is 378 g/mol. The summed E-state index contributed by atoms with van der Waals surface area (Å²) in [4.78, 5) is 20.9. The highest BCUT2D eigenvalue weighted by Crippen LogP contribution is 2.37. The Morgan fingerprint density at radius 3 is 1.33 bits per heavy atom. The van der Waals surface area contributed by atoms with Gasteiger partial charge in [-0.15, -0.1) is 0 Å². The largest absolute Gasteiger partial charge is 0.481 e. The Morgan fingerprint density at radius 1 is 0.792 bits per heavy atom. The predicted octanol–water partition coefficient (Wildman–Crippen LogP) is 5.75. The summed E-state index contributed by atoms with van der Waals surface area (Å²) in [6, 6.07) is 0. The highest BCUT2D eigenvalue weighted by Gasteiger charge is 2.37. The maximum atomic E-state index is 12.5. The summed E-state index contributed by atoms with van der Waals surface area (Å²) < 4.78 is 49.9. The summed E-state index contributed by atoms with van der Waals surface area (Å²) in [7, 11) is 0. The first-order chi connectivity index (χ1) is 10.0. The summed E-state index contributed by atoms with van der Waals surface area (Å²) in [6.07, 6.45) is -0.254. The Morgan fingerprint density at radius 2 is 1.08 bits per heavy atom. The third-order valence-electron chi connectivity index (χ3n) is 4.10. The molecule has 0 aromatic rings. The van der Waals surface area contributed by atoms with Gasteiger partial charge in [-0.3, -0.25) is 9.59 Å². The predicted molar refractivity (Wildman–Crippen MR) is 85.8 cm³/mol. The lowest BCUT2D eigenvalue weighted by Gasteiger charge is -2.25. The third kappa shape index (κ3) is 8.85. The number of hydrogen-bond acceptors (Lipinski definition) is 2. The minimum absolute atomic E-state index is 0. The number of carbonyl (C=O) groups excluding carboxylic acids is 1. The highest BCUT2D eigenvalue weighted by atomic mass is 35.5. The summed E-state index contributed by atoms with van der Waals surface area (Å²) in [5.41, 5.74) is 0. The fraction of sp³-hybridized carbons (Fsp3) is 0.875. The first kappa shape index (κ1) is 25.4. The fourth-order valence-electron chi connectivity index (χ4n) is 2.55. The van der Waals surface area contributed by atoms with Crippen LogP contribution in [0.25, 0.3) is 0 Å². The zero-order chi connectivity index (χ0) is 17.0. The van der Waals surface area contributed by atoms with Gasteiger partial charge < -0.3 is 5.11 Å². The quantitative estimate of drug-likeness (QED) is 0.492. The average Bonchev–Trinajstić information content (AvgIpc) is 2.38. The molecular weight excluding hydrogens is 352 g/mol. The van der Waals surface area contributed by atoms with Gasteiger partial charge in [0.1, 0.15) is 0 Å². The minimum atomic E-state index is -2.62. The van der Waals surface area contributed by atoms with E-state index in [1.165, 1.54) is 0 Å². The minimum Gasteiger partial charge on any atom is -0.481 e. The molecule has 0 bridgehead atoms. The molecule has 0 atom stereocenters. The van der Waals surface area contributed by atoms with Crippen LogP contribution in [-0.4, -0.2) is 28.2 Å². The van der Waals surface area contributed by atoms with Gasteiger partial charge in [0.2, 0.25) is 17.1 Å². The number of hydrogen-bond donors (Lipinski definition) is 1. The molecule has 0 aromatic heterocycles. The number of rotatable bonds is 2. The molecular formula is C16H27ClF4O3. The molecule has 2 fully saturated rings. The van der Waals surface area contributed by atoms with Crippen LogP contribution in [0.1, 0.15) is 66.2 Å². The molecule has 0 amide bonds. The van der Waals surface area contributed by atoms with Crippen LogP contribution in [0.2, 0.25) is 0 Å². The molecule has 2 aliphatic rings. The van der Waals surface area contributed by atoms with Crippen molar-refractivity contribution in [3.63, 3.8) is 0 Å². The van der Waals surface area contributed by atoms with Gasteiger partial charge in [0.15, 0.2) is 0 Å². The van der Waals surface area contributed by atoms with E-state index in [-0.39, 0.29) is 72.1 Å². The van der Waals surface area contributed by atoms with Gasteiger partial charge in [-0.2, -0.15) is 0 Å². The summed E-state index contributed by atoms with van der Waals surface area (Å²) in [5, 5.41) is 7.99. The molecule has 2 rings (SSSR count). The van der Waals surface area contributed by atoms with Crippen molar-refractivity contribution in [3.8, 4) is 0 Å². The van der Waals surface area contributed by atoms with Crippen LogP contribution in [-0.2, 0) is 9.59 Å². The number of carbonyl (C=O) groups is 2. The Balaban J connectivity index is 0. The molecule has 0 aliphatic heterocycles.